The van der Waals surface area contributed by atoms with E-state index in [0.29, 0.717) is 18.7 Å². The Labute approximate surface area is 167 Å². The molecule has 8 heteroatoms. The van der Waals surface area contributed by atoms with Crippen molar-refractivity contribution in [3.63, 3.8) is 0 Å². The van der Waals surface area contributed by atoms with Crippen LogP contribution in [-0.4, -0.2) is 65.2 Å². The molecule has 7 nitrogen and oxygen atoms in total. The quantitative estimate of drug-likeness (QED) is 0.446. The minimum atomic E-state index is -0.712. The van der Waals surface area contributed by atoms with Gasteiger partial charge in [-0.1, -0.05) is 29.8 Å². The maximum absolute atomic E-state index is 12.8. The molecule has 1 saturated heterocycles. The van der Waals surface area contributed by atoms with E-state index in [0.717, 1.165) is 0 Å². The largest absolute Gasteiger partial charge is 0.496 e. The molecule has 1 aliphatic rings. The predicted molar refractivity (Wildman–Crippen MR) is 104 cm³/mol. The Bertz CT molecular complexity index is 904. The van der Waals surface area contributed by atoms with Crippen molar-refractivity contribution in [3.05, 3.63) is 58.9 Å². The molecule has 1 fully saturated rings. The number of carbonyl (C=O) groups is 3. The Kier molecular flexibility index (Phi) is 5.94. The number of piperazine rings is 1. The van der Waals surface area contributed by atoms with Gasteiger partial charge >= 0.3 is 0 Å². The van der Waals surface area contributed by atoms with Gasteiger partial charge in [-0.05, 0) is 19.1 Å². The number of benzene rings is 1. The second-order valence-corrected chi connectivity index (χ2v) is 6.89. The summed E-state index contributed by atoms with van der Waals surface area (Å²) >= 11 is 5.81. The second kappa shape index (κ2) is 8.39. The number of Topliss-reactive ketones (excluding diaryl/α,β-unsaturated/α-hetero) is 1. The first-order valence-corrected chi connectivity index (χ1v) is 9.19. The highest BCUT2D eigenvalue weighted by Crippen LogP contribution is 2.23. The van der Waals surface area contributed by atoms with Crippen molar-refractivity contribution >= 4 is 29.2 Å². The van der Waals surface area contributed by atoms with Gasteiger partial charge in [-0.3, -0.25) is 14.4 Å². The highest BCUT2D eigenvalue weighted by molar-refractivity contribution is 6.43. The lowest BCUT2D eigenvalue weighted by molar-refractivity contribution is -0.130. The first-order valence-electron chi connectivity index (χ1n) is 8.81. The first kappa shape index (κ1) is 19.8. The number of rotatable bonds is 4. The van der Waals surface area contributed by atoms with Crippen molar-refractivity contribution < 1.29 is 19.1 Å². The van der Waals surface area contributed by atoms with Crippen LogP contribution in [0.5, 0.6) is 5.75 Å². The summed E-state index contributed by atoms with van der Waals surface area (Å²) in [6, 6.07) is 10.1. The molecule has 1 aliphatic heterocycles. The summed E-state index contributed by atoms with van der Waals surface area (Å²) in [5, 5.41) is 0.169. The van der Waals surface area contributed by atoms with E-state index in [4.69, 9.17) is 16.3 Å². The van der Waals surface area contributed by atoms with Crippen LogP contribution in [0.25, 0.3) is 0 Å². The van der Waals surface area contributed by atoms with Gasteiger partial charge < -0.3 is 14.5 Å². The lowest BCUT2D eigenvalue weighted by Crippen LogP contribution is -2.56. The highest BCUT2D eigenvalue weighted by atomic mass is 35.5. The fourth-order valence-electron chi connectivity index (χ4n) is 3.21. The van der Waals surface area contributed by atoms with Crippen molar-refractivity contribution in [1.29, 1.82) is 0 Å². The molecule has 0 unspecified atom stereocenters. The van der Waals surface area contributed by atoms with Gasteiger partial charge in [0.1, 0.15) is 10.9 Å². The van der Waals surface area contributed by atoms with Crippen molar-refractivity contribution in [2.24, 2.45) is 0 Å². The molecule has 3 rings (SSSR count). The van der Waals surface area contributed by atoms with Gasteiger partial charge in [0.2, 0.25) is 0 Å². The SMILES string of the molecule is COc1cc(Cl)ncc1C(=O)C(=O)N1CCN(C(=O)c2ccccc2)C[C@H]1C. The molecule has 0 radical (unpaired) electrons. The van der Waals surface area contributed by atoms with Crippen LogP contribution in [0.4, 0.5) is 0 Å². The molecule has 0 bridgehead atoms. The molecule has 1 aromatic carbocycles. The zero-order chi connectivity index (χ0) is 20.3. The lowest BCUT2D eigenvalue weighted by atomic mass is 10.1. The number of amides is 2. The monoisotopic (exact) mass is 401 g/mol. The minimum absolute atomic E-state index is 0.0619. The molecule has 2 amide bonds. The zero-order valence-corrected chi connectivity index (χ0v) is 16.3. The third-order valence-electron chi connectivity index (χ3n) is 4.69. The van der Waals surface area contributed by atoms with Crippen LogP contribution in [0.3, 0.4) is 0 Å². The van der Waals surface area contributed by atoms with Gasteiger partial charge in [-0.15, -0.1) is 0 Å². The molecule has 1 aromatic heterocycles. The van der Waals surface area contributed by atoms with E-state index in [1.54, 1.807) is 17.0 Å². The summed E-state index contributed by atoms with van der Waals surface area (Å²) in [7, 11) is 1.39. The number of methoxy groups -OCH3 is 1. The number of hydrogen-bond acceptors (Lipinski definition) is 5. The van der Waals surface area contributed by atoms with E-state index in [1.807, 2.05) is 25.1 Å². The number of nitrogens with zero attached hydrogens (tertiary/aromatic N) is 3. The number of pyridine rings is 1. The topological polar surface area (TPSA) is 79.8 Å². The predicted octanol–water partition coefficient (Wildman–Crippen LogP) is 2.30. The van der Waals surface area contributed by atoms with Gasteiger partial charge in [0.15, 0.2) is 0 Å². The second-order valence-electron chi connectivity index (χ2n) is 6.50. The van der Waals surface area contributed by atoms with E-state index < -0.39 is 11.7 Å². The normalized spacial score (nSPS) is 16.6. The fourth-order valence-corrected chi connectivity index (χ4v) is 3.35. The average Bonchev–Trinajstić information content (AvgIpc) is 2.72. The molecule has 0 aliphatic carbocycles. The van der Waals surface area contributed by atoms with Crippen molar-refractivity contribution in [2.75, 3.05) is 26.7 Å². The third-order valence-corrected chi connectivity index (χ3v) is 4.89. The van der Waals surface area contributed by atoms with Gasteiger partial charge in [-0.25, -0.2) is 4.98 Å². The molecule has 2 aromatic rings. The van der Waals surface area contributed by atoms with Crippen LogP contribution in [0.15, 0.2) is 42.6 Å². The summed E-state index contributed by atoms with van der Waals surface area (Å²) in [6.45, 7) is 2.79. The number of carbonyl (C=O) groups excluding carboxylic acids is 3. The Morgan fingerprint density at radius 2 is 1.89 bits per heavy atom. The summed E-state index contributed by atoms with van der Waals surface area (Å²) in [5.74, 6) is -1.25. The summed E-state index contributed by atoms with van der Waals surface area (Å²) in [4.78, 5) is 45.1. The lowest BCUT2D eigenvalue weighted by Gasteiger charge is -2.39. The Morgan fingerprint density at radius 1 is 1.18 bits per heavy atom. The van der Waals surface area contributed by atoms with Gasteiger partial charge in [-0.2, -0.15) is 0 Å². The molecule has 2 heterocycles. The maximum atomic E-state index is 12.8. The van der Waals surface area contributed by atoms with Crippen LogP contribution in [0, 0.1) is 0 Å². The summed E-state index contributed by atoms with van der Waals surface area (Å²) < 4.78 is 5.14. The number of ketones is 1. The zero-order valence-electron chi connectivity index (χ0n) is 15.6. The van der Waals surface area contributed by atoms with E-state index in [2.05, 4.69) is 4.98 Å². The Balaban J connectivity index is 1.71. The van der Waals surface area contributed by atoms with Crippen molar-refractivity contribution in [2.45, 2.75) is 13.0 Å². The molecular formula is C20H20ClN3O4. The maximum Gasteiger partial charge on any atom is 0.295 e. The van der Waals surface area contributed by atoms with Gasteiger partial charge in [0.25, 0.3) is 17.6 Å². The number of aromatic nitrogens is 1. The average molecular weight is 402 g/mol. The minimum Gasteiger partial charge on any atom is -0.496 e. The molecule has 0 spiro atoms. The van der Waals surface area contributed by atoms with E-state index >= 15 is 0 Å². The third kappa shape index (κ3) is 3.99. The summed E-state index contributed by atoms with van der Waals surface area (Å²) in [6.07, 6.45) is 1.24. The number of hydrogen-bond donors (Lipinski definition) is 0. The van der Waals surface area contributed by atoms with E-state index in [1.165, 1.54) is 24.3 Å². The van der Waals surface area contributed by atoms with E-state index in [9.17, 15) is 14.4 Å². The van der Waals surface area contributed by atoms with Gasteiger partial charge in [0, 0.05) is 43.5 Å². The van der Waals surface area contributed by atoms with Crippen molar-refractivity contribution in [3.8, 4) is 5.75 Å². The number of halogens is 1. The smallest absolute Gasteiger partial charge is 0.295 e. The van der Waals surface area contributed by atoms with Crippen LogP contribution >= 0.6 is 11.6 Å². The van der Waals surface area contributed by atoms with Crippen LogP contribution in [0.1, 0.15) is 27.6 Å². The van der Waals surface area contributed by atoms with Crippen LogP contribution < -0.4 is 4.74 Å². The van der Waals surface area contributed by atoms with Crippen LogP contribution in [0.2, 0.25) is 5.15 Å². The molecular weight excluding hydrogens is 382 g/mol. The Morgan fingerprint density at radius 3 is 2.54 bits per heavy atom. The summed E-state index contributed by atoms with van der Waals surface area (Å²) in [5.41, 5.74) is 0.661. The molecule has 0 N–H and O–H groups in total. The molecule has 28 heavy (non-hydrogen) atoms. The van der Waals surface area contributed by atoms with Crippen molar-refractivity contribution in [1.82, 2.24) is 14.8 Å². The number of ether oxygens (including phenoxy) is 1. The molecule has 0 saturated carbocycles. The fraction of sp³-hybridized carbons (Fsp3) is 0.300. The highest BCUT2D eigenvalue weighted by Gasteiger charge is 2.34. The first-order chi connectivity index (χ1) is 13.4. The molecule has 146 valence electrons. The Hall–Kier alpha value is -2.93. The standard InChI is InChI=1S/C20H20ClN3O4/c1-13-12-23(19(26)14-6-4-3-5-7-14)8-9-24(13)20(27)18(25)15-11-22-17(21)10-16(15)28-2/h3-7,10-11,13H,8-9,12H2,1-2H3/t13-/m1/s1. The molecule has 1 atom stereocenters. The van der Waals surface area contributed by atoms with Gasteiger partial charge in [0.05, 0.1) is 12.7 Å². The van der Waals surface area contributed by atoms with E-state index in [-0.39, 0.29) is 35.0 Å². The van der Waals surface area contributed by atoms with Crippen LogP contribution in [-0.2, 0) is 4.79 Å².